The van der Waals surface area contributed by atoms with Crippen LogP contribution in [0, 0.1) is 5.92 Å². The molecule has 4 nitrogen and oxygen atoms in total. The number of hydrogen-bond acceptors (Lipinski definition) is 3. The summed E-state index contributed by atoms with van der Waals surface area (Å²) in [5.74, 6) is 0.371. The number of benzene rings is 1. The van der Waals surface area contributed by atoms with Gasteiger partial charge in [-0.1, -0.05) is 43.2 Å². The maximum atomic E-state index is 12.3. The Morgan fingerprint density at radius 2 is 1.92 bits per heavy atom. The molecule has 0 aromatic heterocycles. The lowest BCUT2D eigenvalue weighted by atomic mass is 9.94. The fourth-order valence-electron chi connectivity index (χ4n) is 3.99. The zero-order chi connectivity index (χ0) is 16.1. The van der Waals surface area contributed by atoms with Crippen molar-refractivity contribution in [3.8, 4) is 0 Å². The van der Waals surface area contributed by atoms with Gasteiger partial charge in [0, 0.05) is 24.7 Å². The molecule has 0 radical (unpaired) electrons. The highest BCUT2D eigenvalue weighted by Crippen LogP contribution is 2.32. The average molecular weight is 388 g/mol. The van der Waals surface area contributed by atoms with Crippen LogP contribution < -0.4 is 16.0 Å². The van der Waals surface area contributed by atoms with E-state index in [1.54, 1.807) is 0 Å². The first kappa shape index (κ1) is 22.2. The molecule has 1 aliphatic carbocycles. The Morgan fingerprint density at radius 3 is 2.52 bits per heavy atom. The number of rotatable bonds is 6. The molecule has 1 aromatic rings. The van der Waals surface area contributed by atoms with Gasteiger partial charge in [0.15, 0.2) is 0 Å². The minimum Gasteiger partial charge on any atom is -0.354 e. The third kappa shape index (κ3) is 5.85. The van der Waals surface area contributed by atoms with E-state index in [0.717, 1.165) is 38.9 Å². The molecule has 2 fully saturated rings. The van der Waals surface area contributed by atoms with Gasteiger partial charge in [0.25, 0.3) is 0 Å². The molecular formula is C19H31Cl2N3O. The third-order valence-corrected chi connectivity index (χ3v) is 5.42. The molecular weight excluding hydrogens is 357 g/mol. The zero-order valence-corrected chi connectivity index (χ0v) is 16.6. The number of hydrogen-bond donors (Lipinski definition) is 3. The molecule has 142 valence electrons. The molecule has 1 amide bonds. The maximum absolute atomic E-state index is 12.3. The second kappa shape index (κ2) is 10.4. The summed E-state index contributed by atoms with van der Waals surface area (Å²) in [6, 6.07) is 10.9. The van der Waals surface area contributed by atoms with Gasteiger partial charge in [0.1, 0.15) is 0 Å². The maximum Gasteiger partial charge on any atom is 0.224 e. The van der Waals surface area contributed by atoms with E-state index in [9.17, 15) is 4.79 Å². The van der Waals surface area contributed by atoms with E-state index < -0.39 is 0 Å². The van der Waals surface area contributed by atoms with Crippen LogP contribution >= 0.6 is 24.8 Å². The lowest BCUT2D eigenvalue weighted by Crippen LogP contribution is -2.53. The van der Waals surface area contributed by atoms with Crippen molar-refractivity contribution < 1.29 is 4.79 Å². The smallest absolute Gasteiger partial charge is 0.224 e. The molecule has 1 aromatic carbocycles. The highest BCUT2D eigenvalue weighted by molar-refractivity contribution is 5.85. The van der Waals surface area contributed by atoms with Crippen molar-refractivity contribution in [3.05, 3.63) is 35.9 Å². The second-order valence-corrected chi connectivity index (χ2v) is 7.17. The van der Waals surface area contributed by atoms with Crippen LogP contribution in [0.4, 0.5) is 0 Å². The average Bonchev–Trinajstić information content (AvgIpc) is 3.26. The van der Waals surface area contributed by atoms with Gasteiger partial charge in [-0.15, -0.1) is 24.8 Å². The van der Waals surface area contributed by atoms with Gasteiger partial charge >= 0.3 is 0 Å². The standard InChI is InChI=1S/C19H29N3O.2ClH/c1-15(16-7-3-2-4-8-16)22-19(10-5-6-11-19)14-21-18(23)17-9-12-20-13-17;;/h2-4,7-8,15,17,20,22H,5-6,9-14H2,1H3,(H,21,23);2*1H. The Labute approximate surface area is 163 Å². The lowest BCUT2D eigenvalue weighted by molar-refractivity contribution is -0.124. The van der Waals surface area contributed by atoms with Gasteiger partial charge in [-0.25, -0.2) is 0 Å². The summed E-state index contributed by atoms with van der Waals surface area (Å²) in [5, 5.41) is 10.3. The molecule has 2 aliphatic rings. The van der Waals surface area contributed by atoms with Crippen molar-refractivity contribution in [2.75, 3.05) is 19.6 Å². The van der Waals surface area contributed by atoms with Crippen LogP contribution in [0.3, 0.4) is 0 Å². The van der Waals surface area contributed by atoms with E-state index in [2.05, 4.69) is 53.2 Å². The quantitative estimate of drug-likeness (QED) is 0.702. The topological polar surface area (TPSA) is 53.2 Å². The normalized spacial score (nSPS) is 22.5. The van der Waals surface area contributed by atoms with Gasteiger partial charge < -0.3 is 16.0 Å². The van der Waals surface area contributed by atoms with Crippen LogP contribution in [0.2, 0.25) is 0 Å². The van der Waals surface area contributed by atoms with Crippen LogP contribution in [0.5, 0.6) is 0 Å². The molecule has 2 atom stereocenters. The first-order chi connectivity index (χ1) is 11.2. The van der Waals surface area contributed by atoms with E-state index in [4.69, 9.17) is 0 Å². The number of carbonyl (C=O) groups is 1. The fraction of sp³-hybridized carbons (Fsp3) is 0.632. The molecule has 1 heterocycles. The van der Waals surface area contributed by atoms with Crippen molar-refractivity contribution in [2.24, 2.45) is 5.92 Å². The van der Waals surface area contributed by atoms with E-state index in [1.807, 2.05) is 0 Å². The van der Waals surface area contributed by atoms with Crippen LogP contribution in [-0.2, 0) is 4.79 Å². The second-order valence-electron chi connectivity index (χ2n) is 7.17. The zero-order valence-electron chi connectivity index (χ0n) is 14.9. The molecule has 6 heteroatoms. The summed E-state index contributed by atoms with van der Waals surface area (Å²) in [5.41, 5.74) is 1.36. The van der Waals surface area contributed by atoms with E-state index in [-0.39, 0.29) is 42.2 Å². The monoisotopic (exact) mass is 387 g/mol. The van der Waals surface area contributed by atoms with Crippen molar-refractivity contribution in [3.63, 3.8) is 0 Å². The van der Waals surface area contributed by atoms with Crippen LogP contribution in [-0.4, -0.2) is 31.1 Å². The number of nitrogens with one attached hydrogen (secondary N) is 3. The first-order valence-corrected chi connectivity index (χ1v) is 9.00. The summed E-state index contributed by atoms with van der Waals surface area (Å²) in [7, 11) is 0. The molecule has 1 saturated heterocycles. The largest absolute Gasteiger partial charge is 0.354 e. The molecule has 2 unspecified atom stereocenters. The van der Waals surface area contributed by atoms with Gasteiger partial charge in [-0.05, 0) is 38.3 Å². The van der Waals surface area contributed by atoms with Gasteiger partial charge in [-0.2, -0.15) is 0 Å². The summed E-state index contributed by atoms with van der Waals surface area (Å²) >= 11 is 0. The molecule has 25 heavy (non-hydrogen) atoms. The Morgan fingerprint density at radius 1 is 1.24 bits per heavy atom. The van der Waals surface area contributed by atoms with Crippen LogP contribution in [0.25, 0.3) is 0 Å². The van der Waals surface area contributed by atoms with Crippen molar-refractivity contribution in [1.82, 2.24) is 16.0 Å². The fourth-order valence-corrected chi connectivity index (χ4v) is 3.99. The van der Waals surface area contributed by atoms with Gasteiger partial charge in [0.2, 0.25) is 5.91 Å². The van der Waals surface area contributed by atoms with Crippen LogP contribution in [0.1, 0.15) is 50.6 Å². The SMILES string of the molecule is CC(NC1(CNC(=O)C2CCNC2)CCCC1)c1ccccc1.Cl.Cl. The summed E-state index contributed by atoms with van der Waals surface area (Å²) < 4.78 is 0. The number of carbonyl (C=O) groups excluding carboxylic acids is 1. The molecule has 1 saturated carbocycles. The van der Waals surface area contributed by atoms with E-state index in [1.165, 1.54) is 18.4 Å². The van der Waals surface area contributed by atoms with Crippen molar-refractivity contribution in [1.29, 1.82) is 0 Å². The minimum atomic E-state index is 0. The number of amides is 1. The lowest BCUT2D eigenvalue weighted by Gasteiger charge is -2.34. The van der Waals surface area contributed by atoms with Crippen molar-refractivity contribution >= 4 is 30.7 Å². The Kier molecular flexibility index (Phi) is 9.22. The number of halogens is 2. The Bertz CT molecular complexity index is 515. The highest BCUT2D eigenvalue weighted by Gasteiger charge is 2.36. The summed E-state index contributed by atoms with van der Waals surface area (Å²) in [6.07, 6.45) is 5.75. The molecule has 0 spiro atoms. The summed E-state index contributed by atoms with van der Waals surface area (Å²) in [4.78, 5) is 12.3. The van der Waals surface area contributed by atoms with Crippen LogP contribution in [0.15, 0.2) is 30.3 Å². The van der Waals surface area contributed by atoms with Gasteiger partial charge in [0.05, 0.1) is 5.92 Å². The predicted octanol–water partition coefficient (Wildman–Crippen LogP) is 3.22. The molecule has 3 rings (SSSR count). The Balaban J connectivity index is 0.00000156. The third-order valence-electron chi connectivity index (χ3n) is 5.42. The first-order valence-electron chi connectivity index (χ1n) is 9.00. The molecule has 0 bridgehead atoms. The molecule has 1 aliphatic heterocycles. The highest BCUT2D eigenvalue weighted by atomic mass is 35.5. The van der Waals surface area contributed by atoms with E-state index in [0.29, 0.717) is 6.04 Å². The van der Waals surface area contributed by atoms with Crippen molar-refractivity contribution in [2.45, 2.75) is 50.6 Å². The van der Waals surface area contributed by atoms with Gasteiger partial charge in [-0.3, -0.25) is 4.79 Å². The molecule has 3 N–H and O–H groups in total. The Hall–Kier alpha value is -0.810. The van der Waals surface area contributed by atoms with E-state index >= 15 is 0 Å². The predicted molar refractivity (Wildman–Crippen MR) is 108 cm³/mol. The summed E-state index contributed by atoms with van der Waals surface area (Å²) in [6.45, 7) is 4.76. The minimum absolute atomic E-state index is 0.